The number of rotatable bonds is 7. The Balaban J connectivity index is 1.46. The molecule has 138 valence electrons. The lowest BCUT2D eigenvalue weighted by atomic mass is 10.1. The summed E-state index contributed by atoms with van der Waals surface area (Å²) in [5, 5.41) is 1.97. The van der Waals surface area contributed by atoms with E-state index < -0.39 is 5.91 Å². The van der Waals surface area contributed by atoms with E-state index in [1.54, 1.807) is 11.3 Å². The van der Waals surface area contributed by atoms with Crippen LogP contribution in [-0.4, -0.2) is 18.4 Å². The predicted molar refractivity (Wildman–Crippen MR) is 106 cm³/mol. The summed E-state index contributed by atoms with van der Waals surface area (Å²) < 4.78 is 5.64. The van der Waals surface area contributed by atoms with Gasteiger partial charge in [-0.15, -0.1) is 11.3 Å². The van der Waals surface area contributed by atoms with Crippen LogP contribution in [0.2, 0.25) is 0 Å². The number of hydrazine groups is 1. The largest absolute Gasteiger partial charge is 0.483 e. The highest BCUT2D eigenvalue weighted by Gasteiger charge is 2.09. The molecule has 0 atom stereocenters. The van der Waals surface area contributed by atoms with Crippen molar-refractivity contribution in [2.24, 2.45) is 0 Å². The van der Waals surface area contributed by atoms with Crippen LogP contribution in [0.4, 0.5) is 0 Å². The Morgan fingerprint density at radius 1 is 0.852 bits per heavy atom. The number of thiophene rings is 1. The van der Waals surface area contributed by atoms with Crippen LogP contribution in [0.25, 0.3) is 11.1 Å². The van der Waals surface area contributed by atoms with Crippen molar-refractivity contribution in [2.45, 2.75) is 12.8 Å². The maximum Gasteiger partial charge on any atom is 0.276 e. The van der Waals surface area contributed by atoms with Gasteiger partial charge in [-0.2, -0.15) is 0 Å². The molecule has 1 heterocycles. The van der Waals surface area contributed by atoms with Gasteiger partial charge in [0.05, 0.1) is 0 Å². The molecular weight excluding hydrogens is 360 g/mol. The van der Waals surface area contributed by atoms with Gasteiger partial charge in [-0.1, -0.05) is 54.6 Å². The maximum atomic E-state index is 12.0. The average Bonchev–Trinajstić information content (AvgIpc) is 3.24. The molecule has 0 saturated carbocycles. The highest BCUT2D eigenvalue weighted by Crippen LogP contribution is 2.29. The second kappa shape index (κ2) is 9.54. The van der Waals surface area contributed by atoms with Crippen LogP contribution in [0.5, 0.6) is 5.75 Å². The van der Waals surface area contributed by atoms with E-state index in [-0.39, 0.29) is 12.5 Å². The first-order valence-corrected chi connectivity index (χ1v) is 9.47. The summed E-state index contributed by atoms with van der Waals surface area (Å²) in [6.07, 6.45) is 0.971. The zero-order valence-electron chi connectivity index (χ0n) is 14.7. The van der Waals surface area contributed by atoms with Gasteiger partial charge in [0, 0.05) is 16.9 Å². The Kier molecular flexibility index (Phi) is 6.60. The Morgan fingerprint density at radius 2 is 1.59 bits per heavy atom. The number of para-hydroxylation sites is 1. The molecule has 0 aliphatic rings. The minimum atomic E-state index is -0.415. The molecule has 0 spiro atoms. The third-order valence-electron chi connectivity index (χ3n) is 3.85. The topological polar surface area (TPSA) is 67.4 Å². The van der Waals surface area contributed by atoms with Gasteiger partial charge < -0.3 is 4.74 Å². The van der Waals surface area contributed by atoms with E-state index in [1.807, 2.05) is 72.1 Å². The number of benzene rings is 2. The minimum Gasteiger partial charge on any atom is -0.483 e. The molecule has 3 rings (SSSR count). The second-order valence-corrected chi connectivity index (χ2v) is 6.86. The minimum absolute atomic E-state index is 0.185. The summed E-state index contributed by atoms with van der Waals surface area (Å²) in [5.74, 6) is -0.0355. The molecule has 5 nitrogen and oxygen atoms in total. The zero-order chi connectivity index (χ0) is 18.9. The van der Waals surface area contributed by atoms with Crippen LogP contribution in [0.1, 0.15) is 11.3 Å². The molecule has 0 bridgehead atoms. The van der Waals surface area contributed by atoms with Crippen molar-refractivity contribution >= 4 is 23.2 Å². The SMILES string of the molecule is O=C(CCc1cccs1)NNC(=O)COc1ccccc1-c1ccccc1. The molecule has 6 heteroatoms. The maximum absolute atomic E-state index is 12.0. The van der Waals surface area contributed by atoms with E-state index in [0.29, 0.717) is 18.6 Å². The molecule has 27 heavy (non-hydrogen) atoms. The van der Waals surface area contributed by atoms with Gasteiger partial charge in [-0.05, 0) is 29.5 Å². The first-order valence-electron chi connectivity index (χ1n) is 8.59. The van der Waals surface area contributed by atoms with Crippen molar-refractivity contribution in [2.75, 3.05) is 6.61 Å². The molecule has 0 saturated heterocycles. The van der Waals surface area contributed by atoms with Crippen LogP contribution in [0.3, 0.4) is 0 Å². The Morgan fingerprint density at radius 3 is 2.37 bits per heavy atom. The number of aryl methyl sites for hydroxylation is 1. The van der Waals surface area contributed by atoms with Gasteiger partial charge in [-0.3, -0.25) is 20.4 Å². The fourth-order valence-electron chi connectivity index (χ4n) is 2.52. The Labute approximate surface area is 162 Å². The predicted octanol–water partition coefficient (Wildman–Crippen LogP) is 3.57. The van der Waals surface area contributed by atoms with Crippen LogP contribution in [-0.2, 0) is 16.0 Å². The molecule has 0 aliphatic heterocycles. The second-order valence-electron chi connectivity index (χ2n) is 5.83. The molecule has 2 aromatic carbocycles. The van der Waals surface area contributed by atoms with Gasteiger partial charge >= 0.3 is 0 Å². The summed E-state index contributed by atoms with van der Waals surface area (Å²) >= 11 is 1.61. The third-order valence-corrected chi connectivity index (χ3v) is 4.79. The summed E-state index contributed by atoms with van der Waals surface area (Å²) in [5.41, 5.74) is 6.71. The zero-order valence-corrected chi connectivity index (χ0v) is 15.5. The van der Waals surface area contributed by atoms with Gasteiger partial charge in [0.25, 0.3) is 5.91 Å². The first-order chi connectivity index (χ1) is 13.2. The third kappa shape index (κ3) is 5.69. The van der Waals surface area contributed by atoms with Crippen LogP contribution in [0.15, 0.2) is 72.1 Å². The van der Waals surface area contributed by atoms with E-state index in [2.05, 4.69) is 10.9 Å². The normalized spacial score (nSPS) is 10.2. The molecule has 2 amide bonds. The number of amides is 2. The van der Waals surface area contributed by atoms with Crippen molar-refractivity contribution in [3.05, 3.63) is 77.0 Å². The number of ether oxygens (including phenoxy) is 1. The van der Waals surface area contributed by atoms with E-state index >= 15 is 0 Å². The molecule has 0 aliphatic carbocycles. The monoisotopic (exact) mass is 380 g/mol. The number of carbonyl (C=O) groups excluding carboxylic acids is 2. The van der Waals surface area contributed by atoms with Crippen molar-refractivity contribution in [1.82, 2.24) is 10.9 Å². The van der Waals surface area contributed by atoms with Crippen molar-refractivity contribution in [3.8, 4) is 16.9 Å². The van der Waals surface area contributed by atoms with E-state index in [1.165, 1.54) is 0 Å². The molecule has 2 N–H and O–H groups in total. The fourth-order valence-corrected chi connectivity index (χ4v) is 3.23. The molecule has 0 unspecified atom stereocenters. The molecular formula is C21H20N2O3S. The number of hydrogen-bond acceptors (Lipinski definition) is 4. The number of hydrogen-bond donors (Lipinski definition) is 2. The van der Waals surface area contributed by atoms with E-state index in [4.69, 9.17) is 4.74 Å². The van der Waals surface area contributed by atoms with Crippen LogP contribution >= 0.6 is 11.3 Å². The van der Waals surface area contributed by atoms with Gasteiger partial charge in [0.15, 0.2) is 6.61 Å². The summed E-state index contributed by atoms with van der Waals surface area (Å²) in [6, 6.07) is 21.3. The molecule has 3 aromatic rings. The van der Waals surface area contributed by atoms with Gasteiger partial charge in [-0.25, -0.2) is 0 Å². The summed E-state index contributed by atoms with van der Waals surface area (Å²) in [7, 11) is 0. The molecule has 1 aromatic heterocycles. The lowest BCUT2D eigenvalue weighted by molar-refractivity contribution is -0.130. The highest BCUT2D eigenvalue weighted by molar-refractivity contribution is 7.09. The van der Waals surface area contributed by atoms with Gasteiger partial charge in [0.1, 0.15) is 5.75 Å². The average molecular weight is 380 g/mol. The van der Waals surface area contributed by atoms with E-state index in [9.17, 15) is 9.59 Å². The van der Waals surface area contributed by atoms with Crippen molar-refractivity contribution in [1.29, 1.82) is 0 Å². The highest BCUT2D eigenvalue weighted by atomic mass is 32.1. The molecule has 0 radical (unpaired) electrons. The Hall–Kier alpha value is -3.12. The lowest BCUT2D eigenvalue weighted by Gasteiger charge is -2.12. The molecule has 0 fully saturated rings. The fraction of sp³-hybridized carbons (Fsp3) is 0.143. The van der Waals surface area contributed by atoms with Crippen molar-refractivity contribution < 1.29 is 14.3 Å². The number of nitrogens with one attached hydrogen (secondary N) is 2. The standard InChI is InChI=1S/C21H20N2O3S/c24-20(13-12-17-9-6-14-27-17)22-23-21(25)15-26-19-11-5-4-10-18(19)16-7-2-1-3-8-16/h1-11,14H,12-13,15H2,(H,22,24)(H,23,25). The summed E-state index contributed by atoms with van der Waals surface area (Å²) in [6.45, 7) is -0.185. The van der Waals surface area contributed by atoms with Crippen LogP contribution in [0, 0.1) is 0 Å². The smallest absolute Gasteiger partial charge is 0.276 e. The van der Waals surface area contributed by atoms with Crippen molar-refractivity contribution in [3.63, 3.8) is 0 Å². The van der Waals surface area contributed by atoms with Crippen LogP contribution < -0.4 is 15.6 Å². The Bertz CT molecular complexity index is 879. The lowest BCUT2D eigenvalue weighted by Crippen LogP contribution is -2.43. The van der Waals surface area contributed by atoms with Gasteiger partial charge in [0.2, 0.25) is 5.91 Å². The van der Waals surface area contributed by atoms with E-state index in [0.717, 1.165) is 16.0 Å². The summed E-state index contributed by atoms with van der Waals surface area (Å²) in [4.78, 5) is 24.9. The first kappa shape index (κ1) is 18.7. The quantitative estimate of drug-likeness (QED) is 0.616. The number of carbonyl (C=O) groups is 2.